The number of carbonyl (C=O) groups is 3. The lowest BCUT2D eigenvalue weighted by Crippen LogP contribution is -2.73. The molecule has 4 fully saturated rings. The number of Topliss-reactive ketones (excluding diaryl/α,β-unsaturated/α-hetero) is 1. The molecular formula is C31H50FN5O5. The maximum atomic E-state index is 16.2. The number of rotatable bonds is 8. The van der Waals surface area contributed by atoms with Gasteiger partial charge in [0.05, 0.1) is 35.9 Å². The number of morpholine rings is 1. The smallest absolute Gasteiger partial charge is 0.407 e. The molecule has 2 N–H and O–H groups in total. The summed E-state index contributed by atoms with van der Waals surface area (Å²) < 4.78 is 28.4. The quantitative estimate of drug-likeness (QED) is 0.328. The minimum atomic E-state index is -1.28. The van der Waals surface area contributed by atoms with Gasteiger partial charge in [-0.05, 0) is 79.9 Å². The molecule has 10 nitrogen and oxygen atoms in total. The average molecular weight is 592 g/mol. The number of carbonyl (C=O) groups excluding carboxylic acids is 3. The van der Waals surface area contributed by atoms with Gasteiger partial charge in [0.15, 0.2) is 5.78 Å². The van der Waals surface area contributed by atoms with E-state index in [1.165, 1.54) is 0 Å². The highest BCUT2D eigenvalue weighted by molar-refractivity contribution is 6.20. The largest absolute Gasteiger partial charge is 0.444 e. The number of likely N-dealkylation sites (tertiary alicyclic amines) is 1. The maximum absolute atomic E-state index is 16.2. The fourth-order valence-electron chi connectivity index (χ4n) is 7.66. The van der Waals surface area contributed by atoms with Crippen LogP contribution in [0.5, 0.6) is 0 Å². The summed E-state index contributed by atoms with van der Waals surface area (Å²) in [5, 5.41) is 5.89. The number of hydrogen-bond donors (Lipinski definition) is 2. The van der Waals surface area contributed by atoms with E-state index >= 15 is 4.39 Å². The fourth-order valence-corrected chi connectivity index (χ4v) is 7.66. The second-order valence-corrected chi connectivity index (χ2v) is 14.1. The van der Waals surface area contributed by atoms with Crippen LogP contribution in [0.15, 0.2) is 11.8 Å². The van der Waals surface area contributed by atoms with Crippen molar-refractivity contribution in [3.05, 3.63) is 11.8 Å². The van der Waals surface area contributed by atoms with Crippen LogP contribution < -0.4 is 10.6 Å². The molecule has 0 aromatic rings. The number of nitrogens with one attached hydrogen (secondary N) is 2. The average Bonchev–Trinajstić information content (AvgIpc) is 3.35. The zero-order valence-corrected chi connectivity index (χ0v) is 25.9. The lowest BCUT2D eigenvalue weighted by atomic mass is 9.69. The molecule has 5 aliphatic rings. The van der Waals surface area contributed by atoms with Gasteiger partial charge in [-0.15, -0.1) is 0 Å². The maximum Gasteiger partial charge on any atom is 0.407 e. The highest BCUT2D eigenvalue weighted by atomic mass is 19.1. The summed E-state index contributed by atoms with van der Waals surface area (Å²) in [7, 11) is 4.04. The van der Waals surface area contributed by atoms with Crippen molar-refractivity contribution in [1.82, 2.24) is 25.3 Å². The van der Waals surface area contributed by atoms with E-state index in [0.717, 1.165) is 45.1 Å². The van der Waals surface area contributed by atoms with Crippen LogP contribution in [0.25, 0.3) is 0 Å². The van der Waals surface area contributed by atoms with Crippen molar-refractivity contribution < 1.29 is 28.2 Å². The minimum Gasteiger partial charge on any atom is -0.444 e. The summed E-state index contributed by atoms with van der Waals surface area (Å²) in [5.41, 5.74) is -0.439. The van der Waals surface area contributed by atoms with Crippen molar-refractivity contribution in [2.75, 3.05) is 40.3 Å². The van der Waals surface area contributed by atoms with Gasteiger partial charge in [0.25, 0.3) is 5.91 Å². The van der Waals surface area contributed by atoms with E-state index in [1.807, 2.05) is 34.9 Å². The molecule has 42 heavy (non-hydrogen) atoms. The Morgan fingerprint density at radius 3 is 2.64 bits per heavy atom. The molecule has 2 aliphatic carbocycles. The number of ether oxygens (including phenoxy) is 2. The first-order valence-corrected chi connectivity index (χ1v) is 15.9. The predicted octanol–water partition coefficient (Wildman–Crippen LogP) is 2.62. The van der Waals surface area contributed by atoms with E-state index in [4.69, 9.17) is 9.47 Å². The van der Waals surface area contributed by atoms with Crippen molar-refractivity contribution in [3.8, 4) is 0 Å². The van der Waals surface area contributed by atoms with E-state index in [0.29, 0.717) is 26.1 Å². The van der Waals surface area contributed by atoms with Gasteiger partial charge in [-0.1, -0.05) is 12.8 Å². The van der Waals surface area contributed by atoms with Gasteiger partial charge >= 0.3 is 6.09 Å². The zero-order chi connectivity index (χ0) is 30.2. The second kappa shape index (κ2) is 12.8. The third-order valence-electron chi connectivity index (χ3n) is 9.47. The summed E-state index contributed by atoms with van der Waals surface area (Å²) in [5.74, 6) is -1.24. The molecule has 0 bridgehead atoms. The molecular weight excluding hydrogens is 541 g/mol. The number of alkyl carbamates (subject to hydrolysis) is 1. The first kappa shape index (κ1) is 31.2. The molecule has 2 saturated carbocycles. The van der Waals surface area contributed by atoms with Gasteiger partial charge in [-0.2, -0.15) is 0 Å². The Morgan fingerprint density at radius 1 is 1.14 bits per heavy atom. The summed E-state index contributed by atoms with van der Waals surface area (Å²) in [6.07, 6.45) is 5.95. The van der Waals surface area contributed by atoms with Crippen LogP contribution in [-0.2, 0) is 19.1 Å². The Bertz CT molecular complexity index is 1050. The number of hydrogen-bond acceptors (Lipinski definition) is 8. The first-order chi connectivity index (χ1) is 19.9. The molecule has 3 heterocycles. The molecule has 11 heteroatoms. The Morgan fingerprint density at radius 2 is 1.90 bits per heavy atom. The molecule has 8 atom stereocenters. The molecule has 0 aromatic heterocycles. The van der Waals surface area contributed by atoms with Crippen LogP contribution in [-0.4, -0.2) is 121 Å². The Labute approximate surface area is 249 Å². The van der Waals surface area contributed by atoms with Crippen LogP contribution >= 0.6 is 0 Å². The molecule has 5 rings (SSSR count). The van der Waals surface area contributed by atoms with E-state index in [2.05, 4.69) is 25.3 Å². The lowest BCUT2D eigenvalue weighted by Gasteiger charge is -2.60. The number of halogens is 1. The van der Waals surface area contributed by atoms with E-state index in [1.54, 1.807) is 6.20 Å². The molecule has 0 aromatic carbocycles. The number of nitrogens with zero attached hydrogens (tertiary/aromatic N) is 3. The van der Waals surface area contributed by atoms with Crippen molar-refractivity contribution in [1.29, 1.82) is 0 Å². The molecule has 2 amide bonds. The molecule has 0 spiro atoms. The Balaban J connectivity index is 1.32. The van der Waals surface area contributed by atoms with Gasteiger partial charge < -0.3 is 29.9 Å². The van der Waals surface area contributed by atoms with Gasteiger partial charge in [-0.25, -0.2) is 9.18 Å². The van der Waals surface area contributed by atoms with Crippen molar-refractivity contribution >= 4 is 17.8 Å². The highest BCUT2D eigenvalue weighted by Crippen LogP contribution is 2.47. The monoisotopic (exact) mass is 591 g/mol. The highest BCUT2D eigenvalue weighted by Gasteiger charge is 2.60. The topological polar surface area (TPSA) is 103 Å². The van der Waals surface area contributed by atoms with Crippen LogP contribution in [0.4, 0.5) is 9.18 Å². The van der Waals surface area contributed by atoms with Crippen LogP contribution in [0.1, 0.15) is 72.1 Å². The summed E-state index contributed by atoms with van der Waals surface area (Å²) in [6, 6.07) is -0.887. The number of alkyl halides is 1. The normalized spacial score (nSPS) is 34.9. The van der Waals surface area contributed by atoms with Gasteiger partial charge in [0.2, 0.25) is 0 Å². The Hall–Kier alpha value is -2.24. The molecule has 0 radical (unpaired) electrons. The molecule has 8 unspecified atom stereocenters. The van der Waals surface area contributed by atoms with Gasteiger partial charge in [0, 0.05) is 37.8 Å². The van der Waals surface area contributed by atoms with Crippen molar-refractivity contribution in [3.63, 3.8) is 0 Å². The minimum absolute atomic E-state index is 0.0634. The van der Waals surface area contributed by atoms with Gasteiger partial charge in [0.1, 0.15) is 11.8 Å². The van der Waals surface area contributed by atoms with Crippen LogP contribution in [0.3, 0.4) is 0 Å². The van der Waals surface area contributed by atoms with Crippen molar-refractivity contribution in [2.45, 2.75) is 120 Å². The number of unbranched alkanes of at least 4 members (excludes halogenated alkanes) is 1. The fraction of sp³-hybridized carbons (Fsp3) is 0.839. The summed E-state index contributed by atoms with van der Waals surface area (Å²) in [4.78, 5) is 45.8. The third-order valence-corrected chi connectivity index (χ3v) is 9.47. The van der Waals surface area contributed by atoms with Crippen LogP contribution in [0, 0.1) is 5.92 Å². The lowest BCUT2D eigenvalue weighted by molar-refractivity contribution is -0.209. The Kier molecular flexibility index (Phi) is 9.49. The number of amides is 2. The number of fused-ring (bicyclic) bond motifs is 2. The number of ketones is 1. The SMILES string of the molecule is CN(C)CCCCNC(=O)C1=CN2C3CCCCC3OC3C(N4CCC(NC(=O)OC(C)(C)C)C4)C(F)CC(C1=O)C32. The standard InChI is InChI=1S/C31H50FN5O5/c1-31(2,3)42-30(40)34-19-12-15-36(17-19)26-22(32)16-20-25-28(26)41-24-11-7-6-10-23(24)37(25)18-21(27(20)38)29(39)33-13-8-9-14-35(4)5/h18-20,22-26,28H,6-17H2,1-5H3,(H,33,39)(H,34,40). The predicted molar refractivity (Wildman–Crippen MR) is 157 cm³/mol. The first-order valence-electron chi connectivity index (χ1n) is 15.9. The van der Waals surface area contributed by atoms with Crippen LogP contribution in [0.2, 0.25) is 0 Å². The zero-order valence-electron chi connectivity index (χ0n) is 25.9. The molecule has 236 valence electrons. The second-order valence-electron chi connectivity index (χ2n) is 14.1. The third kappa shape index (κ3) is 6.78. The molecule has 3 aliphatic heterocycles. The van der Waals surface area contributed by atoms with Crippen molar-refractivity contribution in [2.24, 2.45) is 5.92 Å². The van der Waals surface area contributed by atoms with E-state index in [-0.39, 0.29) is 47.9 Å². The summed E-state index contributed by atoms with van der Waals surface area (Å²) in [6.45, 7) is 8.05. The summed E-state index contributed by atoms with van der Waals surface area (Å²) >= 11 is 0. The van der Waals surface area contributed by atoms with Gasteiger partial charge in [-0.3, -0.25) is 14.5 Å². The van der Waals surface area contributed by atoms with E-state index < -0.39 is 35.9 Å². The molecule has 2 saturated heterocycles. The van der Waals surface area contributed by atoms with E-state index in [9.17, 15) is 14.4 Å².